The predicted octanol–water partition coefficient (Wildman–Crippen LogP) is 2.98. The molecule has 0 unspecified atom stereocenters. The number of rotatable bonds is 8. The fourth-order valence-corrected chi connectivity index (χ4v) is 3.18. The Kier molecular flexibility index (Phi) is 6.52. The summed E-state index contributed by atoms with van der Waals surface area (Å²) in [5, 5.41) is 14.4. The van der Waals surface area contributed by atoms with Crippen molar-refractivity contribution >= 4 is 23.2 Å². The number of benzene rings is 1. The molecule has 0 saturated carbocycles. The lowest BCUT2D eigenvalue weighted by atomic mass is 10.0. The number of aromatic nitrogens is 1. The molecule has 0 bridgehead atoms. The van der Waals surface area contributed by atoms with Gasteiger partial charge in [-0.2, -0.15) is 0 Å². The minimum Gasteiger partial charge on any atom is -0.497 e. The minimum absolute atomic E-state index is 0.0640. The van der Waals surface area contributed by atoms with Crippen molar-refractivity contribution in [1.29, 1.82) is 0 Å². The SMILES string of the molecule is COc1ccc(-c2nc(CC(=O)N[C@@H](CC(C)C)C(=O)O)cs2)cc1. The van der Waals surface area contributed by atoms with Crippen molar-refractivity contribution in [2.45, 2.75) is 32.7 Å². The average molecular weight is 362 g/mol. The van der Waals surface area contributed by atoms with E-state index in [0.29, 0.717) is 12.1 Å². The molecule has 25 heavy (non-hydrogen) atoms. The van der Waals surface area contributed by atoms with Crippen LogP contribution in [0.25, 0.3) is 10.6 Å². The first-order valence-corrected chi connectivity index (χ1v) is 8.88. The van der Waals surface area contributed by atoms with Gasteiger partial charge in [-0.25, -0.2) is 9.78 Å². The number of hydrogen-bond acceptors (Lipinski definition) is 5. The average Bonchev–Trinajstić information content (AvgIpc) is 3.02. The first-order chi connectivity index (χ1) is 11.9. The van der Waals surface area contributed by atoms with Crippen LogP contribution in [0.5, 0.6) is 5.75 Å². The van der Waals surface area contributed by atoms with E-state index in [-0.39, 0.29) is 18.2 Å². The van der Waals surface area contributed by atoms with Crippen molar-refractivity contribution in [2.75, 3.05) is 7.11 Å². The van der Waals surface area contributed by atoms with Crippen LogP contribution in [0.3, 0.4) is 0 Å². The third-order valence-electron chi connectivity index (χ3n) is 3.57. The molecule has 0 radical (unpaired) electrons. The van der Waals surface area contributed by atoms with Gasteiger partial charge >= 0.3 is 5.97 Å². The number of ether oxygens (including phenoxy) is 1. The van der Waals surface area contributed by atoms with Crippen LogP contribution in [-0.2, 0) is 16.0 Å². The second-order valence-corrected chi connectivity index (χ2v) is 7.00. The van der Waals surface area contributed by atoms with E-state index in [2.05, 4.69) is 10.3 Å². The molecule has 1 aromatic heterocycles. The van der Waals surface area contributed by atoms with Crippen LogP contribution in [0.1, 0.15) is 26.0 Å². The number of methoxy groups -OCH3 is 1. The molecular weight excluding hydrogens is 340 g/mol. The second kappa shape index (κ2) is 8.62. The number of thiazole rings is 1. The molecule has 6 nitrogen and oxygen atoms in total. The Bertz CT molecular complexity index is 725. The van der Waals surface area contributed by atoms with Gasteiger partial charge in [0.2, 0.25) is 5.91 Å². The fraction of sp³-hybridized carbons (Fsp3) is 0.389. The fourth-order valence-electron chi connectivity index (χ4n) is 2.36. The molecule has 0 aliphatic carbocycles. The first kappa shape index (κ1) is 18.9. The minimum atomic E-state index is -1.01. The van der Waals surface area contributed by atoms with Gasteiger partial charge in [-0.05, 0) is 36.6 Å². The third-order valence-corrected chi connectivity index (χ3v) is 4.51. The topological polar surface area (TPSA) is 88.5 Å². The van der Waals surface area contributed by atoms with Gasteiger partial charge in [0.05, 0.1) is 19.2 Å². The molecule has 1 aromatic carbocycles. The van der Waals surface area contributed by atoms with Crippen molar-refractivity contribution in [2.24, 2.45) is 5.92 Å². The third kappa shape index (κ3) is 5.56. The molecule has 2 N–H and O–H groups in total. The normalized spacial score (nSPS) is 12.0. The van der Waals surface area contributed by atoms with Crippen LogP contribution >= 0.6 is 11.3 Å². The van der Waals surface area contributed by atoms with E-state index < -0.39 is 12.0 Å². The standard InChI is InChI=1S/C18H22N2O4S/c1-11(2)8-15(18(22)23)20-16(21)9-13-10-25-17(19-13)12-4-6-14(24-3)7-5-12/h4-7,10-11,15H,8-9H2,1-3H3,(H,20,21)(H,22,23)/t15-/m0/s1. The highest BCUT2D eigenvalue weighted by Gasteiger charge is 2.21. The summed E-state index contributed by atoms with van der Waals surface area (Å²) in [6, 6.07) is 6.65. The molecule has 2 aromatic rings. The summed E-state index contributed by atoms with van der Waals surface area (Å²) in [5.74, 6) is -0.397. The van der Waals surface area contributed by atoms with E-state index in [1.54, 1.807) is 7.11 Å². The second-order valence-electron chi connectivity index (χ2n) is 6.14. The highest BCUT2D eigenvalue weighted by Crippen LogP contribution is 2.25. The van der Waals surface area contributed by atoms with Crippen LogP contribution in [0, 0.1) is 5.92 Å². The summed E-state index contributed by atoms with van der Waals surface area (Å²) < 4.78 is 5.13. The molecule has 0 fully saturated rings. The number of carboxylic acid groups (broad SMARTS) is 1. The van der Waals surface area contributed by atoms with Crippen molar-refractivity contribution in [3.05, 3.63) is 35.3 Å². The summed E-state index contributed by atoms with van der Waals surface area (Å²) in [4.78, 5) is 27.8. The quantitative estimate of drug-likeness (QED) is 0.754. The maximum absolute atomic E-state index is 12.1. The molecule has 0 saturated heterocycles. The summed E-state index contributed by atoms with van der Waals surface area (Å²) in [6.07, 6.45) is 0.462. The summed E-state index contributed by atoms with van der Waals surface area (Å²) in [5.41, 5.74) is 1.57. The molecule has 1 heterocycles. The number of carboxylic acids is 1. The van der Waals surface area contributed by atoms with Crippen LogP contribution in [-0.4, -0.2) is 35.1 Å². The lowest BCUT2D eigenvalue weighted by Crippen LogP contribution is -2.42. The molecule has 0 spiro atoms. The lowest BCUT2D eigenvalue weighted by Gasteiger charge is -2.16. The van der Waals surface area contributed by atoms with Gasteiger partial charge in [-0.1, -0.05) is 13.8 Å². The Morgan fingerprint density at radius 3 is 2.52 bits per heavy atom. The zero-order valence-electron chi connectivity index (χ0n) is 14.5. The number of aliphatic carboxylic acids is 1. The molecule has 1 amide bonds. The van der Waals surface area contributed by atoms with Gasteiger partial charge in [0.25, 0.3) is 0 Å². The van der Waals surface area contributed by atoms with E-state index in [9.17, 15) is 14.7 Å². The highest BCUT2D eigenvalue weighted by atomic mass is 32.1. The molecule has 7 heteroatoms. The smallest absolute Gasteiger partial charge is 0.326 e. The van der Waals surface area contributed by atoms with E-state index >= 15 is 0 Å². The van der Waals surface area contributed by atoms with Gasteiger partial charge in [0, 0.05) is 10.9 Å². The maximum Gasteiger partial charge on any atom is 0.326 e. The van der Waals surface area contributed by atoms with Gasteiger partial charge in [0.1, 0.15) is 16.8 Å². The van der Waals surface area contributed by atoms with Gasteiger partial charge < -0.3 is 15.2 Å². The maximum atomic E-state index is 12.1. The van der Waals surface area contributed by atoms with Crippen molar-refractivity contribution in [1.82, 2.24) is 10.3 Å². The van der Waals surface area contributed by atoms with Gasteiger partial charge in [0.15, 0.2) is 0 Å². The summed E-state index contributed by atoms with van der Waals surface area (Å²) >= 11 is 1.45. The van der Waals surface area contributed by atoms with Crippen LogP contribution in [0.2, 0.25) is 0 Å². The van der Waals surface area contributed by atoms with Crippen LogP contribution in [0.4, 0.5) is 0 Å². The first-order valence-electron chi connectivity index (χ1n) is 8.00. The number of nitrogens with zero attached hydrogens (tertiary/aromatic N) is 1. The number of hydrogen-bond donors (Lipinski definition) is 2. The van der Waals surface area contributed by atoms with Gasteiger partial charge in [-0.3, -0.25) is 4.79 Å². The monoisotopic (exact) mass is 362 g/mol. The molecule has 0 aliphatic heterocycles. The molecule has 134 valence electrons. The Labute approximate surface area is 150 Å². The lowest BCUT2D eigenvalue weighted by molar-refractivity contribution is -0.142. The number of nitrogens with one attached hydrogen (secondary N) is 1. The van der Waals surface area contributed by atoms with E-state index in [1.807, 2.05) is 43.5 Å². The predicted molar refractivity (Wildman–Crippen MR) is 96.8 cm³/mol. The molecule has 2 rings (SSSR count). The van der Waals surface area contributed by atoms with E-state index in [1.165, 1.54) is 11.3 Å². The van der Waals surface area contributed by atoms with Crippen LogP contribution in [0.15, 0.2) is 29.6 Å². The highest BCUT2D eigenvalue weighted by molar-refractivity contribution is 7.13. The van der Waals surface area contributed by atoms with Gasteiger partial charge in [-0.15, -0.1) is 11.3 Å². The molecule has 1 atom stereocenters. The largest absolute Gasteiger partial charge is 0.497 e. The number of carbonyl (C=O) groups excluding carboxylic acids is 1. The van der Waals surface area contributed by atoms with Crippen LogP contribution < -0.4 is 10.1 Å². The number of carbonyl (C=O) groups is 2. The van der Waals surface area contributed by atoms with Crippen molar-refractivity contribution in [3.8, 4) is 16.3 Å². The van der Waals surface area contributed by atoms with E-state index in [4.69, 9.17) is 4.74 Å². The Morgan fingerprint density at radius 1 is 1.28 bits per heavy atom. The molecular formula is C18H22N2O4S. The zero-order valence-corrected chi connectivity index (χ0v) is 15.3. The summed E-state index contributed by atoms with van der Waals surface area (Å²) in [6.45, 7) is 3.84. The molecule has 0 aliphatic rings. The van der Waals surface area contributed by atoms with E-state index in [0.717, 1.165) is 16.3 Å². The Morgan fingerprint density at radius 2 is 1.96 bits per heavy atom. The Balaban J connectivity index is 1.99. The summed E-state index contributed by atoms with van der Waals surface area (Å²) in [7, 11) is 1.61. The zero-order chi connectivity index (χ0) is 18.4. The number of amides is 1. The Hall–Kier alpha value is -2.41. The van der Waals surface area contributed by atoms with Crippen molar-refractivity contribution < 1.29 is 19.4 Å². The van der Waals surface area contributed by atoms with Crippen molar-refractivity contribution in [3.63, 3.8) is 0 Å².